The third-order valence-corrected chi connectivity index (χ3v) is 4.67. The Morgan fingerprint density at radius 1 is 1.23 bits per heavy atom. The Labute approximate surface area is 130 Å². The lowest BCUT2D eigenvalue weighted by molar-refractivity contribution is -0.122. The maximum absolute atomic E-state index is 12.8. The summed E-state index contributed by atoms with van der Waals surface area (Å²) in [5.41, 5.74) is 4.52. The van der Waals surface area contributed by atoms with Crippen molar-refractivity contribution < 1.29 is 4.79 Å². The standard InChI is InChI=1S/C18H19N3O/c1-11-8-12(6-7-19-11)15-9-16-14(10-20-15)18(2,3)17(22)21(16)13-4-5-13/h6-10,13H,4-5H2,1-3H3. The van der Waals surface area contributed by atoms with Gasteiger partial charge in [0, 0.05) is 35.3 Å². The molecular weight excluding hydrogens is 274 g/mol. The van der Waals surface area contributed by atoms with Gasteiger partial charge in [0.25, 0.3) is 0 Å². The Hall–Kier alpha value is -2.23. The molecule has 0 unspecified atom stereocenters. The Kier molecular flexibility index (Phi) is 2.68. The first-order valence-corrected chi connectivity index (χ1v) is 7.76. The van der Waals surface area contributed by atoms with Crippen molar-refractivity contribution in [2.24, 2.45) is 0 Å². The molecule has 4 heteroatoms. The normalized spacial score (nSPS) is 19.4. The van der Waals surface area contributed by atoms with Crippen LogP contribution >= 0.6 is 0 Å². The summed E-state index contributed by atoms with van der Waals surface area (Å²) >= 11 is 0. The zero-order chi connectivity index (χ0) is 15.5. The van der Waals surface area contributed by atoms with E-state index in [1.807, 2.05) is 44.0 Å². The van der Waals surface area contributed by atoms with Crippen molar-refractivity contribution in [3.8, 4) is 11.3 Å². The number of carbonyl (C=O) groups is 1. The molecule has 0 spiro atoms. The zero-order valence-corrected chi connectivity index (χ0v) is 13.1. The van der Waals surface area contributed by atoms with E-state index in [0.717, 1.165) is 41.0 Å². The number of amides is 1. The first kappa shape index (κ1) is 13.4. The smallest absolute Gasteiger partial charge is 0.237 e. The summed E-state index contributed by atoms with van der Waals surface area (Å²) < 4.78 is 0. The molecule has 0 radical (unpaired) electrons. The van der Waals surface area contributed by atoms with Crippen LogP contribution in [0.25, 0.3) is 11.3 Å². The average molecular weight is 293 g/mol. The molecule has 1 aliphatic carbocycles. The highest BCUT2D eigenvalue weighted by molar-refractivity contribution is 6.08. The van der Waals surface area contributed by atoms with Crippen LogP contribution in [0.1, 0.15) is 37.9 Å². The van der Waals surface area contributed by atoms with E-state index < -0.39 is 5.41 Å². The van der Waals surface area contributed by atoms with Crippen LogP contribution < -0.4 is 4.90 Å². The summed E-state index contributed by atoms with van der Waals surface area (Å²) in [7, 11) is 0. The van der Waals surface area contributed by atoms with E-state index >= 15 is 0 Å². The van der Waals surface area contributed by atoms with Gasteiger partial charge in [-0.1, -0.05) is 0 Å². The second kappa shape index (κ2) is 4.38. The van der Waals surface area contributed by atoms with E-state index in [1.54, 1.807) is 6.20 Å². The van der Waals surface area contributed by atoms with Crippen molar-refractivity contribution in [2.45, 2.75) is 45.1 Å². The topological polar surface area (TPSA) is 46.1 Å². The molecule has 0 saturated heterocycles. The predicted octanol–water partition coefficient (Wildman–Crippen LogP) is 3.24. The van der Waals surface area contributed by atoms with Gasteiger partial charge in [-0.25, -0.2) is 0 Å². The van der Waals surface area contributed by atoms with E-state index in [-0.39, 0.29) is 5.91 Å². The molecule has 0 atom stereocenters. The molecule has 0 bridgehead atoms. The van der Waals surface area contributed by atoms with E-state index in [2.05, 4.69) is 16.0 Å². The summed E-state index contributed by atoms with van der Waals surface area (Å²) in [6.07, 6.45) is 5.88. The van der Waals surface area contributed by atoms with Crippen molar-refractivity contribution in [3.05, 3.63) is 41.9 Å². The predicted molar refractivity (Wildman–Crippen MR) is 85.7 cm³/mol. The highest BCUT2D eigenvalue weighted by Gasteiger charge is 2.49. The van der Waals surface area contributed by atoms with Crippen molar-refractivity contribution in [2.75, 3.05) is 4.90 Å². The van der Waals surface area contributed by atoms with E-state index in [1.165, 1.54) is 0 Å². The van der Waals surface area contributed by atoms with Gasteiger partial charge in [-0.05, 0) is 51.8 Å². The molecule has 3 heterocycles. The van der Waals surface area contributed by atoms with E-state index in [4.69, 9.17) is 0 Å². The van der Waals surface area contributed by atoms with Crippen LogP contribution in [0.5, 0.6) is 0 Å². The summed E-state index contributed by atoms with van der Waals surface area (Å²) in [4.78, 5) is 23.6. The number of hydrogen-bond donors (Lipinski definition) is 0. The van der Waals surface area contributed by atoms with E-state index in [9.17, 15) is 4.79 Å². The van der Waals surface area contributed by atoms with Gasteiger partial charge in [0.15, 0.2) is 0 Å². The molecule has 2 aliphatic rings. The molecular formula is C18H19N3O. The third kappa shape index (κ3) is 1.86. The highest BCUT2D eigenvalue weighted by Crippen LogP contribution is 2.47. The lowest BCUT2D eigenvalue weighted by Gasteiger charge is -2.19. The number of aryl methyl sites for hydroxylation is 1. The van der Waals surface area contributed by atoms with Gasteiger partial charge in [0.2, 0.25) is 5.91 Å². The molecule has 1 fully saturated rings. The lowest BCUT2D eigenvalue weighted by Crippen LogP contribution is -2.37. The minimum absolute atomic E-state index is 0.204. The van der Waals surface area contributed by atoms with Crippen LogP contribution in [0.4, 0.5) is 5.69 Å². The number of hydrogen-bond acceptors (Lipinski definition) is 3. The highest BCUT2D eigenvalue weighted by atomic mass is 16.2. The second-order valence-corrected chi connectivity index (χ2v) is 6.80. The molecule has 0 aromatic carbocycles. The monoisotopic (exact) mass is 293 g/mol. The first-order valence-electron chi connectivity index (χ1n) is 7.76. The lowest BCUT2D eigenvalue weighted by atomic mass is 9.87. The Morgan fingerprint density at radius 3 is 2.68 bits per heavy atom. The minimum atomic E-state index is -0.475. The van der Waals surface area contributed by atoms with Crippen molar-refractivity contribution in [3.63, 3.8) is 0 Å². The van der Waals surface area contributed by atoms with Gasteiger partial charge in [-0.3, -0.25) is 14.8 Å². The number of carbonyl (C=O) groups excluding carboxylic acids is 1. The van der Waals surface area contributed by atoms with Crippen molar-refractivity contribution in [1.82, 2.24) is 9.97 Å². The van der Waals surface area contributed by atoms with Gasteiger partial charge < -0.3 is 4.90 Å². The number of pyridine rings is 2. The zero-order valence-electron chi connectivity index (χ0n) is 13.1. The molecule has 1 aliphatic heterocycles. The maximum Gasteiger partial charge on any atom is 0.237 e. The van der Waals surface area contributed by atoms with Crippen LogP contribution in [0, 0.1) is 6.92 Å². The maximum atomic E-state index is 12.8. The number of aromatic nitrogens is 2. The molecule has 2 aromatic heterocycles. The molecule has 1 saturated carbocycles. The van der Waals surface area contributed by atoms with Gasteiger partial charge in [0.05, 0.1) is 16.8 Å². The summed E-state index contributed by atoms with van der Waals surface area (Å²) in [6, 6.07) is 6.43. The molecule has 112 valence electrons. The fourth-order valence-corrected chi connectivity index (χ4v) is 3.21. The van der Waals surface area contributed by atoms with Gasteiger partial charge in [-0.15, -0.1) is 0 Å². The Bertz CT molecular complexity index is 778. The van der Waals surface area contributed by atoms with Crippen LogP contribution in [-0.4, -0.2) is 21.9 Å². The van der Waals surface area contributed by atoms with Crippen LogP contribution in [0.2, 0.25) is 0 Å². The molecule has 22 heavy (non-hydrogen) atoms. The fourth-order valence-electron chi connectivity index (χ4n) is 3.21. The largest absolute Gasteiger partial charge is 0.308 e. The van der Waals surface area contributed by atoms with Crippen LogP contribution in [0.3, 0.4) is 0 Å². The molecule has 0 N–H and O–H groups in total. The molecule has 1 amide bonds. The number of fused-ring (bicyclic) bond motifs is 1. The van der Waals surface area contributed by atoms with Crippen LogP contribution in [-0.2, 0) is 10.2 Å². The first-order chi connectivity index (χ1) is 10.5. The van der Waals surface area contributed by atoms with E-state index in [0.29, 0.717) is 6.04 Å². The average Bonchev–Trinajstić information content (AvgIpc) is 3.29. The SMILES string of the molecule is Cc1cc(-c2cc3c(cn2)C(C)(C)C(=O)N3C2CC2)ccn1. The van der Waals surface area contributed by atoms with Gasteiger partial charge >= 0.3 is 0 Å². The second-order valence-electron chi connectivity index (χ2n) is 6.80. The Morgan fingerprint density at radius 2 is 2.00 bits per heavy atom. The fraction of sp³-hybridized carbons (Fsp3) is 0.389. The quantitative estimate of drug-likeness (QED) is 0.854. The minimum Gasteiger partial charge on any atom is -0.308 e. The van der Waals surface area contributed by atoms with Crippen molar-refractivity contribution in [1.29, 1.82) is 0 Å². The molecule has 2 aromatic rings. The number of anilines is 1. The summed E-state index contributed by atoms with van der Waals surface area (Å²) in [5.74, 6) is 0.204. The third-order valence-electron chi connectivity index (χ3n) is 4.67. The van der Waals surface area contributed by atoms with Gasteiger partial charge in [0.1, 0.15) is 0 Å². The molecule has 4 nitrogen and oxygen atoms in total. The van der Waals surface area contributed by atoms with Gasteiger partial charge in [-0.2, -0.15) is 0 Å². The molecule has 4 rings (SSSR count). The number of nitrogens with zero attached hydrogens (tertiary/aromatic N) is 3. The van der Waals surface area contributed by atoms with Crippen LogP contribution in [0.15, 0.2) is 30.6 Å². The Balaban J connectivity index is 1.86. The summed E-state index contributed by atoms with van der Waals surface area (Å²) in [6.45, 7) is 5.96. The van der Waals surface area contributed by atoms with Crippen molar-refractivity contribution >= 4 is 11.6 Å². The summed E-state index contributed by atoms with van der Waals surface area (Å²) in [5, 5.41) is 0. The number of rotatable bonds is 2.